The quantitative estimate of drug-likeness (QED) is 0.160. The zero-order valence-corrected chi connectivity index (χ0v) is 26.4. The smallest absolute Gasteiger partial charge is 0.337 e. The highest BCUT2D eigenvalue weighted by atomic mass is 16.5. The predicted octanol–water partition coefficient (Wildman–Crippen LogP) is 8.22. The molecule has 1 saturated carbocycles. The first-order valence-corrected chi connectivity index (χ1v) is 15.9. The number of aromatic nitrogens is 2. The summed E-state index contributed by atoms with van der Waals surface area (Å²) in [6.45, 7) is 0.0958. The van der Waals surface area contributed by atoms with Crippen molar-refractivity contribution in [2.45, 2.75) is 44.4 Å². The standard InChI is InChI=1S/C39H39N3O4/c1-45-38(43)25-40-34-20-22-35(23-21-34)42-26-36(32-16-18-33(19-17-32)39(44)46-2)41-37(42)24-27-8-10-29(11-9-27)31-14-12-30(13-15-31)28-6-4-3-5-7-28/h8-23,26,28,40H,3-7,24-25H2,1-2H3. The van der Waals surface area contributed by atoms with E-state index in [4.69, 9.17) is 14.5 Å². The van der Waals surface area contributed by atoms with Gasteiger partial charge in [0.05, 0.1) is 25.5 Å². The molecule has 0 spiro atoms. The van der Waals surface area contributed by atoms with E-state index in [1.54, 1.807) is 12.1 Å². The normalized spacial score (nSPS) is 13.3. The van der Waals surface area contributed by atoms with Crippen molar-refractivity contribution in [2.24, 2.45) is 0 Å². The van der Waals surface area contributed by atoms with Gasteiger partial charge in [-0.05, 0) is 77.4 Å². The average molecular weight is 614 g/mol. The van der Waals surface area contributed by atoms with Gasteiger partial charge in [-0.25, -0.2) is 9.78 Å². The molecule has 5 aromatic rings. The second-order valence-corrected chi connectivity index (χ2v) is 11.8. The van der Waals surface area contributed by atoms with Gasteiger partial charge in [0.1, 0.15) is 12.4 Å². The Morgan fingerprint density at radius 2 is 1.39 bits per heavy atom. The summed E-state index contributed by atoms with van der Waals surface area (Å²) >= 11 is 0. The van der Waals surface area contributed by atoms with Crippen LogP contribution in [0.1, 0.15) is 65.3 Å². The van der Waals surface area contributed by atoms with Crippen molar-refractivity contribution in [1.82, 2.24) is 9.55 Å². The van der Waals surface area contributed by atoms with Crippen molar-refractivity contribution in [2.75, 3.05) is 26.1 Å². The van der Waals surface area contributed by atoms with Crippen molar-refractivity contribution < 1.29 is 19.1 Å². The number of anilines is 1. The fourth-order valence-electron chi connectivity index (χ4n) is 6.17. The summed E-state index contributed by atoms with van der Waals surface area (Å²) < 4.78 is 11.7. The van der Waals surface area contributed by atoms with E-state index in [1.807, 2.05) is 42.6 Å². The molecule has 0 aliphatic heterocycles. The van der Waals surface area contributed by atoms with Crippen LogP contribution >= 0.6 is 0 Å². The van der Waals surface area contributed by atoms with Crippen LogP contribution < -0.4 is 5.32 Å². The fraction of sp³-hybridized carbons (Fsp3) is 0.256. The molecule has 46 heavy (non-hydrogen) atoms. The van der Waals surface area contributed by atoms with Gasteiger partial charge >= 0.3 is 11.9 Å². The molecule has 0 radical (unpaired) electrons. The Labute approximate surface area is 270 Å². The molecule has 1 N–H and O–H groups in total. The van der Waals surface area contributed by atoms with Gasteiger partial charge in [-0.3, -0.25) is 4.79 Å². The molecule has 7 nitrogen and oxygen atoms in total. The number of imidazole rings is 1. The van der Waals surface area contributed by atoms with E-state index < -0.39 is 0 Å². The molecule has 0 atom stereocenters. The van der Waals surface area contributed by atoms with Gasteiger partial charge in [-0.15, -0.1) is 0 Å². The maximum Gasteiger partial charge on any atom is 0.337 e. The molecule has 1 aliphatic carbocycles. The fourth-order valence-corrected chi connectivity index (χ4v) is 6.17. The number of hydrogen-bond donors (Lipinski definition) is 1. The number of nitrogens with one attached hydrogen (secondary N) is 1. The summed E-state index contributed by atoms with van der Waals surface area (Å²) in [6.07, 6.45) is 9.31. The Balaban J connectivity index is 1.24. The lowest BCUT2D eigenvalue weighted by Crippen LogP contribution is -2.14. The first-order valence-electron chi connectivity index (χ1n) is 15.9. The van der Waals surface area contributed by atoms with Crippen LogP contribution in [0.2, 0.25) is 0 Å². The third-order valence-electron chi connectivity index (χ3n) is 8.83. The van der Waals surface area contributed by atoms with E-state index in [-0.39, 0.29) is 18.5 Å². The Morgan fingerprint density at radius 3 is 2.02 bits per heavy atom. The van der Waals surface area contributed by atoms with Crippen molar-refractivity contribution in [3.8, 4) is 28.1 Å². The number of benzene rings is 4. The Bertz CT molecular complexity index is 1770. The van der Waals surface area contributed by atoms with Crippen molar-refractivity contribution in [3.63, 3.8) is 0 Å². The third kappa shape index (κ3) is 7.20. The molecule has 6 rings (SSSR count). The van der Waals surface area contributed by atoms with Gasteiger partial charge in [0, 0.05) is 29.6 Å². The second-order valence-electron chi connectivity index (χ2n) is 11.8. The highest BCUT2D eigenvalue weighted by Crippen LogP contribution is 2.34. The zero-order valence-electron chi connectivity index (χ0n) is 26.4. The van der Waals surface area contributed by atoms with Gasteiger partial charge in [-0.1, -0.05) is 79.9 Å². The van der Waals surface area contributed by atoms with Crippen molar-refractivity contribution in [1.29, 1.82) is 0 Å². The van der Waals surface area contributed by atoms with E-state index >= 15 is 0 Å². The van der Waals surface area contributed by atoms with E-state index in [1.165, 1.54) is 63.0 Å². The predicted molar refractivity (Wildman–Crippen MR) is 181 cm³/mol. The maximum absolute atomic E-state index is 12.0. The van der Waals surface area contributed by atoms with Crippen LogP contribution in [-0.4, -0.2) is 42.3 Å². The Hall–Kier alpha value is -5.17. The van der Waals surface area contributed by atoms with E-state index in [9.17, 15) is 9.59 Å². The van der Waals surface area contributed by atoms with Gasteiger partial charge in [-0.2, -0.15) is 0 Å². The maximum atomic E-state index is 12.0. The Kier molecular flexibility index (Phi) is 9.58. The lowest BCUT2D eigenvalue weighted by atomic mass is 9.83. The molecule has 1 aliphatic rings. The van der Waals surface area contributed by atoms with Crippen LogP contribution in [0.3, 0.4) is 0 Å². The molecule has 1 aromatic heterocycles. The summed E-state index contributed by atoms with van der Waals surface area (Å²) in [7, 11) is 2.75. The van der Waals surface area contributed by atoms with E-state index in [2.05, 4.69) is 58.4 Å². The minimum atomic E-state index is -0.373. The van der Waals surface area contributed by atoms with Gasteiger partial charge < -0.3 is 19.4 Å². The minimum Gasteiger partial charge on any atom is -0.468 e. The molecule has 0 unspecified atom stereocenters. The van der Waals surface area contributed by atoms with Crippen LogP contribution in [-0.2, 0) is 20.7 Å². The van der Waals surface area contributed by atoms with Crippen LogP contribution in [0.4, 0.5) is 5.69 Å². The number of carbonyl (C=O) groups excluding carboxylic acids is 2. The Morgan fingerprint density at radius 1 is 0.761 bits per heavy atom. The molecular weight excluding hydrogens is 574 g/mol. The molecular formula is C39H39N3O4. The first kappa shape index (κ1) is 30.8. The molecule has 0 bridgehead atoms. The number of rotatable bonds is 10. The number of esters is 2. The number of ether oxygens (including phenoxy) is 2. The average Bonchev–Trinajstić information content (AvgIpc) is 3.54. The van der Waals surface area contributed by atoms with Crippen LogP contribution in [0.25, 0.3) is 28.1 Å². The summed E-state index contributed by atoms with van der Waals surface area (Å²) in [4.78, 5) is 28.6. The molecule has 234 valence electrons. The van der Waals surface area contributed by atoms with Crippen molar-refractivity contribution in [3.05, 3.63) is 126 Å². The molecule has 0 saturated heterocycles. The minimum absolute atomic E-state index is 0.0958. The summed E-state index contributed by atoms with van der Waals surface area (Å²) in [5, 5.41) is 3.08. The van der Waals surface area contributed by atoms with E-state index in [0.717, 1.165) is 34.0 Å². The molecule has 0 amide bonds. The van der Waals surface area contributed by atoms with Crippen molar-refractivity contribution >= 4 is 17.6 Å². The highest BCUT2D eigenvalue weighted by Gasteiger charge is 2.16. The highest BCUT2D eigenvalue weighted by molar-refractivity contribution is 5.89. The van der Waals surface area contributed by atoms with Gasteiger partial charge in [0.15, 0.2) is 0 Å². The van der Waals surface area contributed by atoms with Crippen LogP contribution in [0, 0.1) is 0 Å². The summed E-state index contributed by atoms with van der Waals surface area (Å²) in [6, 6.07) is 33.0. The topological polar surface area (TPSA) is 82.5 Å². The molecule has 1 heterocycles. The molecule has 7 heteroatoms. The second kappa shape index (κ2) is 14.3. The van der Waals surface area contributed by atoms with Crippen LogP contribution in [0.5, 0.6) is 0 Å². The largest absolute Gasteiger partial charge is 0.468 e. The summed E-state index contributed by atoms with van der Waals surface area (Å²) in [5.41, 5.74) is 8.99. The van der Waals surface area contributed by atoms with E-state index in [0.29, 0.717) is 17.9 Å². The van der Waals surface area contributed by atoms with Crippen LogP contribution in [0.15, 0.2) is 103 Å². The monoisotopic (exact) mass is 613 g/mol. The zero-order chi connectivity index (χ0) is 31.9. The number of methoxy groups -OCH3 is 2. The molecule has 4 aromatic carbocycles. The summed E-state index contributed by atoms with van der Waals surface area (Å²) in [5.74, 6) is 0.886. The third-order valence-corrected chi connectivity index (χ3v) is 8.83. The SMILES string of the molecule is COC(=O)CNc1ccc(-n2cc(-c3ccc(C(=O)OC)cc3)nc2Cc2ccc(-c3ccc(C4CCCCC4)cc3)cc2)cc1. The molecule has 1 fully saturated rings. The number of hydrogen-bond acceptors (Lipinski definition) is 6. The number of nitrogens with zero attached hydrogens (tertiary/aromatic N) is 2. The van der Waals surface area contributed by atoms with Gasteiger partial charge in [0.25, 0.3) is 0 Å². The number of carbonyl (C=O) groups is 2. The lowest BCUT2D eigenvalue weighted by Gasteiger charge is -2.22. The lowest BCUT2D eigenvalue weighted by molar-refractivity contribution is -0.138. The first-order chi connectivity index (χ1) is 22.5. The van der Waals surface area contributed by atoms with Gasteiger partial charge in [0.2, 0.25) is 0 Å².